The predicted octanol–water partition coefficient (Wildman–Crippen LogP) is 1.13. The van der Waals surface area contributed by atoms with E-state index in [0.29, 0.717) is 5.69 Å². The van der Waals surface area contributed by atoms with E-state index >= 15 is 0 Å². The normalized spacial score (nSPS) is 11.2. The number of anilines is 2. The van der Waals surface area contributed by atoms with E-state index in [-0.39, 0.29) is 11.6 Å². The molecule has 0 atom stereocenters. The van der Waals surface area contributed by atoms with E-state index in [4.69, 9.17) is 11.6 Å². The number of alkyl halides is 1. The maximum Gasteiger partial charge on any atom is 0.233 e. The number of nitrogens with zero attached hydrogens (tertiary/aromatic N) is 2. The predicted molar refractivity (Wildman–Crippen MR) is 66.7 cm³/mol. The zero-order valence-corrected chi connectivity index (χ0v) is 10.7. The molecule has 1 aromatic rings. The number of nitrogens with one attached hydrogen (secondary N) is 1. The van der Waals surface area contributed by atoms with E-state index in [9.17, 15) is 8.42 Å². The van der Waals surface area contributed by atoms with Gasteiger partial charge >= 0.3 is 0 Å². The topological polar surface area (TPSA) is 62.3 Å². The molecule has 16 heavy (non-hydrogen) atoms. The molecule has 7 heteroatoms. The van der Waals surface area contributed by atoms with Crippen LogP contribution in [0.15, 0.2) is 18.3 Å². The summed E-state index contributed by atoms with van der Waals surface area (Å²) in [6.45, 7) is 0. The molecule has 0 amide bonds. The molecule has 1 heterocycles. The molecule has 0 aliphatic heterocycles. The van der Waals surface area contributed by atoms with Crippen LogP contribution in [0.4, 0.5) is 11.5 Å². The van der Waals surface area contributed by atoms with E-state index in [0.717, 1.165) is 5.82 Å². The summed E-state index contributed by atoms with van der Waals surface area (Å²) in [6.07, 6.45) is 1.47. The van der Waals surface area contributed by atoms with Gasteiger partial charge in [-0.2, -0.15) is 0 Å². The second-order valence-electron chi connectivity index (χ2n) is 3.41. The third-order valence-corrected chi connectivity index (χ3v) is 3.53. The van der Waals surface area contributed by atoms with E-state index in [2.05, 4.69) is 9.71 Å². The molecule has 0 aromatic carbocycles. The summed E-state index contributed by atoms with van der Waals surface area (Å²) < 4.78 is 25.2. The molecule has 90 valence electrons. The standard InChI is InChI=1S/C9H14ClN3O2S/c1-13(2)9-4-3-8(7-11-9)12-16(14,15)6-5-10/h3-4,7,12H,5-6H2,1-2H3. The van der Waals surface area contributed by atoms with Gasteiger partial charge in [-0.25, -0.2) is 13.4 Å². The fourth-order valence-electron chi connectivity index (χ4n) is 1.04. The van der Waals surface area contributed by atoms with Crippen LogP contribution < -0.4 is 9.62 Å². The van der Waals surface area contributed by atoms with Gasteiger partial charge < -0.3 is 4.90 Å². The highest BCUT2D eigenvalue weighted by Gasteiger charge is 2.09. The first-order valence-electron chi connectivity index (χ1n) is 4.64. The van der Waals surface area contributed by atoms with Gasteiger partial charge in [0.1, 0.15) is 5.82 Å². The molecular weight excluding hydrogens is 250 g/mol. The van der Waals surface area contributed by atoms with Crippen molar-refractivity contribution in [2.75, 3.05) is 35.4 Å². The number of halogens is 1. The number of hydrogen-bond acceptors (Lipinski definition) is 4. The zero-order valence-electron chi connectivity index (χ0n) is 9.14. The second-order valence-corrected chi connectivity index (χ2v) is 5.63. The highest BCUT2D eigenvalue weighted by molar-refractivity contribution is 7.92. The molecule has 0 spiro atoms. The van der Waals surface area contributed by atoms with Crippen molar-refractivity contribution in [2.45, 2.75) is 0 Å². The molecule has 0 saturated heterocycles. The first-order chi connectivity index (χ1) is 7.44. The summed E-state index contributed by atoms with van der Waals surface area (Å²) in [5, 5.41) is 0. The van der Waals surface area contributed by atoms with Gasteiger partial charge in [-0.1, -0.05) is 0 Å². The van der Waals surface area contributed by atoms with Crippen molar-refractivity contribution in [3.63, 3.8) is 0 Å². The van der Waals surface area contributed by atoms with Gasteiger partial charge in [-0.15, -0.1) is 11.6 Å². The monoisotopic (exact) mass is 263 g/mol. The molecule has 0 saturated carbocycles. The first-order valence-corrected chi connectivity index (χ1v) is 6.83. The molecule has 0 unspecified atom stereocenters. The van der Waals surface area contributed by atoms with Crippen molar-refractivity contribution in [3.8, 4) is 0 Å². The highest BCUT2D eigenvalue weighted by atomic mass is 35.5. The largest absolute Gasteiger partial charge is 0.363 e. The average Bonchev–Trinajstić information content (AvgIpc) is 2.17. The van der Waals surface area contributed by atoms with E-state index < -0.39 is 10.0 Å². The van der Waals surface area contributed by atoms with Crippen molar-refractivity contribution < 1.29 is 8.42 Å². The lowest BCUT2D eigenvalue weighted by molar-refractivity contribution is 0.602. The third kappa shape index (κ3) is 3.86. The van der Waals surface area contributed by atoms with Crippen LogP contribution in [0.1, 0.15) is 0 Å². The first kappa shape index (κ1) is 13.1. The highest BCUT2D eigenvalue weighted by Crippen LogP contribution is 2.13. The van der Waals surface area contributed by atoms with Gasteiger partial charge in [-0.3, -0.25) is 4.72 Å². The lowest BCUT2D eigenvalue weighted by atomic mass is 10.4. The summed E-state index contributed by atoms with van der Waals surface area (Å²) in [4.78, 5) is 5.92. The smallest absolute Gasteiger partial charge is 0.233 e. The van der Waals surface area contributed by atoms with Gasteiger partial charge in [0.25, 0.3) is 0 Å². The van der Waals surface area contributed by atoms with Crippen molar-refractivity contribution >= 4 is 33.1 Å². The Balaban J connectivity index is 2.76. The summed E-state index contributed by atoms with van der Waals surface area (Å²) in [7, 11) is 0.368. The Morgan fingerprint density at radius 2 is 2.12 bits per heavy atom. The van der Waals surface area contributed by atoms with Gasteiger partial charge in [0.15, 0.2) is 0 Å². The third-order valence-electron chi connectivity index (χ3n) is 1.83. The summed E-state index contributed by atoms with van der Waals surface area (Å²) in [6, 6.07) is 3.40. The summed E-state index contributed by atoms with van der Waals surface area (Å²) >= 11 is 5.38. The maximum absolute atomic E-state index is 11.4. The van der Waals surface area contributed by atoms with Crippen LogP contribution in [0.25, 0.3) is 0 Å². The van der Waals surface area contributed by atoms with Crippen LogP contribution in [-0.2, 0) is 10.0 Å². The Hall–Kier alpha value is -1.01. The SMILES string of the molecule is CN(C)c1ccc(NS(=O)(=O)CCCl)cn1. The van der Waals surface area contributed by atoms with Gasteiger partial charge in [0, 0.05) is 20.0 Å². The van der Waals surface area contributed by atoms with Gasteiger partial charge in [-0.05, 0) is 12.1 Å². The van der Waals surface area contributed by atoms with Crippen LogP contribution in [0.5, 0.6) is 0 Å². The number of aromatic nitrogens is 1. The van der Waals surface area contributed by atoms with Crippen LogP contribution in [-0.4, -0.2) is 39.1 Å². The fourth-order valence-corrected chi connectivity index (χ4v) is 2.44. The lowest BCUT2D eigenvalue weighted by Crippen LogP contribution is -2.18. The maximum atomic E-state index is 11.4. The number of sulfonamides is 1. The van der Waals surface area contributed by atoms with Crippen molar-refractivity contribution in [3.05, 3.63) is 18.3 Å². The molecule has 0 aliphatic rings. The van der Waals surface area contributed by atoms with Crippen molar-refractivity contribution in [2.24, 2.45) is 0 Å². The quantitative estimate of drug-likeness (QED) is 0.809. The van der Waals surface area contributed by atoms with Crippen molar-refractivity contribution in [1.29, 1.82) is 0 Å². The molecule has 1 rings (SSSR count). The Morgan fingerprint density at radius 3 is 2.56 bits per heavy atom. The number of hydrogen-bond donors (Lipinski definition) is 1. The minimum atomic E-state index is -3.35. The molecular formula is C9H14ClN3O2S. The molecule has 5 nitrogen and oxygen atoms in total. The minimum absolute atomic E-state index is 0.0680. The molecule has 1 N–H and O–H groups in total. The minimum Gasteiger partial charge on any atom is -0.363 e. The molecule has 0 aliphatic carbocycles. The second kappa shape index (κ2) is 5.36. The molecule has 0 radical (unpaired) electrons. The Morgan fingerprint density at radius 1 is 1.44 bits per heavy atom. The van der Waals surface area contributed by atoms with E-state index in [1.807, 2.05) is 19.0 Å². The zero-order chi connectivity index (χ0) is 12.2. The summed E-state index contributed by atoms with van der Waals surface area (Å²) in [5.41, 5.74) is 0.440. The number of rotatable bonds is 5. The van der Waals surface area contributed by atoms with Crippen LogP contribution in [0.3, 0.4) is 0 Å². The van der Waals surface area contributed by atoms with E-state index in [1.54, 1.807) is 12.1 Å². The molecule has 0 bridgehead atoms. The molecule has 0 fully saturated rings. The lowest BCUT2D eigenvalue weighted by Gasteiger charge is -2.12. The average molecular weight is 264 g/mol. The van der Waals surface area contributed by atoms with Crippen LogP contribution in [0, 0.1) is 0 Å². The number of pyridine rings is 1. The van der Waals surface area contributed by atoms with Gasteiger partial charge in [0.05, 0.1) is 17.6 Å². The Kier molecular flexibility index (Phi) is 4.37. The molecule has 1 aromatic heterocycles. The summed E-state index contributed by atoms with van der Waals surface area (Å²) in [5.74, 6) is 0.725. The van der Waals surface area contributed by atoms with E-state index in [1.165, 1.54) is 6.20 Å². The fraction of sp³-hybridized carbons (Fsp3) is 0.444. The Bertz CT molecular complexity index is 431. The Labute approximate surface area is 100 Å². The van der Waals surface area contributed by atoms with Crippen LogP contribution >= 0.6 is 11.6 Å². The van der Waals surface area contributed by atoms with Gasteiger partial charge in [0.2, 0.25) is 10.0 Å². The van der Waals surface area contributed by atoms with Crippen molar-refractivity contribution in [1.82, 2.24) is 4.98 Å². The van der Waals surface area contributed by atoms with Crippen LogP contribution in [0.2, 0.25) is 0 Å².